The third kappa shape index (κ3) is 3.01. The third-order valence-electron chi connectivity index (χ3n) is 3.20. The number of methoxy groups -OCH3 is 1. The van der Waals surface area contributed by atoms with Crippen molar-refractivity contribution in [3.63, 3.8) is 0 Å². The minimum atomic E-state index is 0.0875. The normalized spacial score (nSPS) is 20.3. The van der Waals surface area contributed by atoms with Gasteiger partial charge in [0.2, 0.25) is 0 Å². The highest BCUT2D eigenvalue weighted by Crippen LogP contribution is 2.15. The molecule has 0 spiro atoms. The van der Waals surface area contributed by atoms with E-state index in [1.807, 2.05) is 23.1 Å². The molecule has 1 heterocycles. The minimum absolute atomic E-state index is 0.0875. The maximum atomic E-state index is 12.4. The molecule has 0 aliphatic carbocycles. The molecule has 1 atom stereocenters. The zero-order chi connectivity index (χ0) is 13.0. The topological polar surface area (TPSA) is 41.6 Å². The molecule has 18 heavy (non-hydrogen) atoms. The number of nitrogens with zero attached hydrogens (tertiary/aromatic N) is 1. The van der Waals surface area contributed by atoms with Gasteiger partial charge in [-0.25, -0.2) is 0 Å². The molecule has 1 amide bonds. The predicted octanol–water partition coefficient (Wildman–Crippen LogP) is 1.52. The van der Waals surface area contributed by atoms with E-state index in [4.69, 9.17) is 4.74 Å². The SMILES string of the molecule is COc1cccc(C(=O)N2CCCNC(C)C2)c1. The summed E-state index contributed by atoms with van der Waals surface area (Å²) in [6.07, 6.45) is 1.00. The van der Waals surface area contributed by atoms with Gasteiger partial charge in [0.25, 0.3) is 5.91 Å². The van der Waals surface area contributed by atoms with Crippen LogP contribution < -0.4 is 10.1 Å². The molecular formula is C14H20N2O2. The number of benzene rings is 1. The molecule has 0 radical (unpaired) electrons. The van der Waals surface area contributed by atoms with Crippen LogP contribution in [-0.2, 0) is 0 Å². The maximum Gasteiger partial charge on any atom is 0.254 e. The van der Waals surface area contributed by atoms with E-state index in [-0.39, 0.29) is 5.91 Å². The first kappa shape index (κ1) is 12.9. The van der Waals surface area contributed by atoms with Crippen LogP contribution in [-0.4, -0.2) is 43.6 Å². The summed E-state index contributed by atoms with van der Waals surface area (Å²) < 4.78 is 5.16. The van der Waals surface area contributed by atoms with Gasteiger partial charge in [-0.2, -0.15) is 0 Å². The molecule has 1 aromatic carbocycles. The van der Waals surface area contributed by atoms with Crippen LogP contribution in [0.15, 0.2) is 24.3 Å². The van der Waals surface area contributed by atoms with Crippen LogP contribution in [0, 0.1) is 0 Å². The molecule has 0 saturated carbocycles. The predicted molar refractivity (Wildman–Crippen MR) is 71.0 cm³/mol. The molecule has 1 unspecified atom stereocenters. The molecule has 1 aromatic rings. The van der Waals surface area contributed by atoms with E-state index in [9.17, 15) is 4.79 Å². The zero-order valence-corrected chi connectivity index (χ0v) is 11.0. The second kappa shape index (κ2) is 5.87. The van der Waals surface area contributed by atoms with Crippen molar-refractivity contribution < 1.29 is 9.53 Å². The molecule has 1 aliphatic heterocycles. The quantitative estimate of drug-likeness (QED) is 0.862. The van der Waals surface area contributed by atoms with Crippen molar-refractivity contribution in [2.24, 2.45) is 0 Å². The number of amides is 1. The Morgan fingerprint density at radius 3 is 3.11 bits per heavy atom. The first-order valence-electron chi connectivity index (χ1n) is 6.37. The van der Waals surface area contributed by atoms with Crippen LogP contribution in [0.2, 0.25) is 0 Å². The van der Waals surface area contributed by atoms with Crippen LogP contribution in [0.3, 0.4) is 0 Å². The molecular weight excluding hydrogens is 228 g/mol. The van der Waals surface area contributed by atoms with Gasteiger partial charge in [0.05, 0.1) is 7.11 Å². The molecule has 0 bridgehead atoms. The number of rotatable bonds is 2. The Labute approximate surface area is 108 Å². The van der Waals surface area contributed by atoms with Gasteiger partial charge in [0.15, 0.2) is 0 Å². The molecule has 1 fully saturated rings. The molecule has 1 N–H and O–H groups in total. The van der Waals surface area contributed by atoms with Crippen molar-refractivity contribution in [1.82, 2.24) is 10.2 Å². The van der Waals surface area contributed by atoms with Gasteiger partial charge in [-0.05, 0) is 38.1 Å². The minimum Gasteiger partial charge on any atom is -0.497 e. The maximum absolute atomic E-state index is 12.4. The van der Waals surface area contributed by atoms with E-state index in [0.29, 0.717) is 11.6 Å². The van der Waals surface area contributed by atoms with Gasteiger partial charge in [-0.15, -0.1) is 0 Å². The smallest absolute Gasteiger partial charge is 0.254 e. The first-order chi connectivity index (χ1) is 8.70. The molecule has 4 heteroatoms. The summed E-state index contributed by atoms with van der Waals surface area (Å²) in [6, 6.07) is 7.69. The molecule has 2 rings (SSSR count). The molecule has 1 saturated heterocycles. The Morgan fingerprint density at radius 1 is 1.50 bits per heavy atom. The fourth-order valence-corrected chi connectivity index (χ4v) is 2.23. The Kier molecular flexibility index (Phi) is 4.20. The summed E-state index contributed by atoms with van der Waals surface area (Å²) in [5.74, 6) is 0.811. The summed E-state index contributed by atoms with van der Waals surface area (Å²) in [5, 5.41) is 3.38. The van der Waals surface area contributed by atoms with Gasteiger partial charge < -0.3 is 15.0 Å². The van der Waals surface area contributed by atoms with Crippen LogP contribution >= 0.6 is 0 Å². The molecule has 0 aromatic heterocycles. The second-order valence-electron chi connectivity index (χ2n) is 4.69. The van der Waals surface area contributed by atoms with E-state index >= 15 is 0 Å². The summed E-state index contributed by atoms with van der Waals surface area (Å²) in [7, 11) is 1.61. The van der Waals surface area contributed by atoms with Crippen molar-refractivity contribution in [3.05, 3.63) is 29.8 Å². The van der Waals surface area contributed by atoms with Gasteiger partial charge in [0.1, 0.15) is 5.75 Å². The Hall–Kier alpha value is -1.55. The van der Waals surface area contributed by atoms with Gasteiger partial charge in [-0.1, -0.05) is 6.07 Å². The summed E-state index contributed by atoms with van der Waals surface area (Å²) in [4.78, 5) is 14.3. The van der Waals surface area contributed by atoms with E-state index in [0.717, 1.165) is 31.8 Å². The van der Waals surface area contributed by atoms with E-state index < -0.39 is 0 Å². The van der Waals surface area contributed by atoms with Crippen molar-refractivity contribution in [2.45, 2.75) is 19.4 Å². The molecule has 4 nitrogen and oxygen atoms in total. The van der Waals surface area contributed by atoms with Crippen LogP contribution in [0.4, 0.5) is 0 Å². The number of hydrogen-bond donors (Lipinski definition) is 1. The molecule has 98 valence electrons. The van der Waals surface area contributed by atoms with Crippen molar-refractivity contribution in [3.8, 4) is 5.75 Å². The van der Waals surface area contributed by atoms with E-state index in [2.05, 4.69) is 12.2 Å². The Balaban J connectivity index is 2.13. The fraction of sp³-hybridized carbons (Fsp3) is 0.500. The van der Waals surface area contributed by atoms with Crippen LogP contribution in [0.5, 0.6) is 5.75 Å². The number of carbonyl (C=O) groups excluding carboxylic acids is 1. The summed E-state index contributed by atoms with van der Waals surface area (Å²) in [5.41, 5.74) is 0.698. The van der Waals surface area contributed by atoms with Crippen molar-refractivity contribution >= 4 is 5.91 Å². The van der Waals surface area contributed by atoms with Gasteiger partial charge in [0, 0.05) is 24.7 Å². The highest BCUT2D eigenvalue weighted by molar-refractivity contribution is 5.94. The Bertz CT molecular complexity index is 420. The average molecular weight is 248 g/mol. The lowest BCUT2D eigenvalue weighted by Gasteiger charge is -2.22. The van der Waals surface area contributed by atoms with Crippen molar-refractivity contribution in [2.75, 3.05) is 26.7 Å². The lowest BCUT2D eigenvalue weighted by molar-refractivity contribution is 0.0755. The van der Waals surface area contributed by atoms with Crippen LogP contribution in [0.1, 0.15) is 23.7 Å². The third-order valence-corrected chi connectivity index (χ3v) is 3.20. The molecule has 1 aliphatic rings. The van der Waals surface area contributed by atoms with Crippen LogP contribution in [0.25, 0.3) is 0 Å². The number of ether oxygens (including phenoxy) is 1. The second-order valence-corrected chi connectivity index (χ2v) is 4.69. The average Bonchev–Trinajstić information content (AvgIpc) is 2.62. The summed E-state index contributed by atoms with van der Waals surface area (Å²) >= 11 is 0. The Morgan fingerprint density at radius 2 is 2.33 bits per heavy atom. The summed E-state index contributed by atoms with van der Waals surface area (Å²) in [6.45, 7) is 4.66. The largest absolute Gasteiger partial charge is 0.497 e. The van der Waals surface area contributed by atoms with Gasteiger partial charge in [-0.3, -0.25) is 4.79 Å². The van der Waals surface area contributed by atoms with E-state index in [1.54, 1.807) is 13.2 Å². The van der Waals surface area contributed by atoms with Gasteiger partial charge >= 0.3 is 0 Å². The highest BCUT2D eigenvalue weighted by atomic mass is 16.5. The number of carbonyl (C=O) groups is 1. The van der Waals surface area contributed by atoms with E-state index in [1.165, 1.54) is 0 Å². The first-order valence-corrected chi connectivity index (χ1v) is 6.37. The monoisotopic (exact) mass is 248 g/mol. The zero-order valence-electron chi connectivity index (χ0n) is 11.0. The standard InChI is InChI=1S/C14H20N2O2/c1-11-10-16(8-4-7-15-11)14(17)12-5-3-6-13(9-12)18-2/h3,5-6,9,11,15H,4,7-8,10H2,1-2H3. The lowest BCUT2D eigenvalue weighted by Crippen LogP contribution is -2.38. The number of nitrogens with one attached hydrogen (secondary N) is 1. The number of hydrogen-bond acceptors (Lipinski definition) is 3. The van der Waals surface area contributed by atoms with Crippen molar-refractivity contribution in [1.29, 1.82) is 0 Å². The highest BCUT2D eigenvalue weighted by Gasteiger charge is 2.20. The fourth-order valence-electron chi connectivity index (χ4n) is 2.23. The lowest BCUT2D eigenvalue weighted by atomic mass is 10.1.